The third kappa shape index (κ3) is 4.86. The molecule has 0 aromatic heterocycles. The molecule has 0 aliphatic carbocycles. The van der Waals surface area contributed by atoms with Crippen molar-refractivity contribution in [3.05, 3.63) is 75.1 Å². The summed E-state index contributed by atoms with van der Waals surface area (Å²) in [5, 5.41) is 13.6. The molecule has 2 rings (SSSR count). The van der Waals surface area contributed by atoms with Gasteiger partial charge in [0.15, 0.2) is 0 Å². The Labute approximate surface area is 151 Å². The zero-order valence-electron chi connectivity index (χ0n) is 14.9. The minimum absolute atomic E-state index is 0.0549. The normalized spacial score (nSPS) is 10.8. The van der Waals surface area contributed by atoms with Gasteiger partial charge in [-0.15, -0.1) is 0 Å². The Morgan fingerprint density at radius 3 is 2.42 bits per heavy atom. The Hall–Kier alpha value is -2.80. The van der Waals surface area contributed by atoms with Crippen LogP contribution in [0.25, 0.3) is 0 Å². The van der Waals surface area contributed by atoms with Crippen LogP contribution in [0.15, 0.2) is 42.5 Å². The van der Waals surface area contributed by atoms with E-state index in [0.29, 0.717) is 6.54 Å². The number of carbonyl (C=O) groups is 1. The summed E-state index contributed by atoms with van der Waals surface area (Å²) in [5.74, 6) is -1.44. The van der Waals surface area contributed by atoms with Gasteiger partial charge in [-0.1, -0.05) is 38.1 Å². The molecule has 0 heterocycles. The highest BCUT2D eigenvalue weighted by atomic mass is 19.1. The van der Waals surface area contributed by atoms with Crippen LogP contribution in [-0.4, -0.2) is 28.8 Å². The van der Waals surface area contributed by atoms with Crippen LogP contribution in [-0.2, 0) is 13.1 Å². The first-order chi connectivity index (χ1) is 12.5. The summed E-state index contributed by atoms with van der Waals surface area (Å²) >= 11 is 0. The predicted molar refractivity (Wildman–Crippen MR) is 97.3 cm³/mol. The molecule has 0 radical (unpaired) electrons. The molecule has 2 aromatic carbocycles. The maximum absolute atomic E-state index is 13.4. The monoisotopic (exact) mass is 359 g/mol. The van der Waals surface area contributed by atoms with Gasteiger partial charge in [-0.2, -0.15) is 4.39 Å². The van der Waals surface area contributed by atoms with Crippen molar-refractivity contribution in [2.45, 2.75) is 26.9 Å². The first-order valence-corrected chi connectivity index (χ1v) is 8.47. The Morgan fingerprint density at radius 2 is 1.81 bits per heavy atom. The number of nitrogens with zero attached hydrogens (tertiary/aromatic N) is 2. The summed E-state index contributed by atoms with van der Waals surface area (Å²) in [4.78, 5) is 24.5. The van der Waals surface area contributed by atoms with E-state index in [0.717, 1.165) is 42.9 Å². The average molecular weight is 359 g/mol. The smallest absolute Gasteiger partial charge is 0.305 e. The first kappa shape index (κ1) is 19.5. The van der Waals surface area contributed by atoms with Crippen LogP contribution in [0.3, 0.4) is 0 Å². The van der Waals surface area contributed by atoms with E-state index in [1.165, 1.54) is 6.07 Å². The molecule has 7 heteroatoms. The van der Waals surface area contributed by atoms with E-state index in [2.05, 4.69) is 24.1 Å². The fourth-order valence-corrected chi connectivity index (χ4v) is 2.64. The van der Waals surface area contributed by atoms with E-state index in [1.807, 2.05) is 24.3 Å². The van der Waals surface area contributed by atoms with Crippen molar-refractivity contribution in [2.24, 2.45) is 0 Å². The highest BCUT2D eigenvalue weighted by molar-refractivity contribution is 5.94. The Kier molecular flexibility index (Phi) is 6.80. The van der Waals surface area contributed by atoms with Crippen molar-refractivity contribution in [1.29, 1.82) is 0 Å². The fourth-order valence-electron chi connectivity index (χ4n) is 2.64. The Morgan fingerprint density at radius 1 is 1.15 bits per heavy atom. The number of hydrogen-bond donors (Lipinski definition) is 1. The van der Waals surface area contributed by atoms with Crippen molar-refractivity contribution in [3.8, 4) is 0 Å². The number of amides is 1. The van der Waals surface area contributed by atoms with Crippen LogP contribution in [0, 0.1) is 15.9 Å². The van der Waals surface area contributed by atoms with Crippen LogP contribution in [0.2, 0.25) is 0 Å². The van der Waals surface area contributed by atoms with Crippen LogP contribution in [0.1, 0.15) is 35.3 Å². The molecule has 6 nitrogen and oxygen atoms in total. The molecular formula is C19H22FN3O3. The van der Waals surface area contributed by atoms with Crippen molar-refractivity contribution >= 4 is 11.6 Å². The van der Waals surface area contributed by atoms with E-state index in [4.69, 9.17) is 0 Å². The SMILES string of the molecule is CCN(CC)Cc1ccccc1CNC(=O)c1ccc(F)c([N+](=O)[O-])c1. The number of rotatable bonds is 8. The molecule has 2 aromatic rings. The minimum Gasteiger partial charge on any atom is -0.348 e. The second-order valence-electron chi connectivity index (χ2n) is 5.84. The lowest BCUT2D eigenvalue weighted by Crippen LogP contribution is -2.26. The van der Waals surface area contributed by atoms with Gasteiger partial charge in [-0.05, 0) is 36.3 Å². The molecule has 1 amide bonds. The van der Waals surface area contributed by atoms with Crippen molar-refractivity contribution in [2.75, 3.05) is 13.1 Å². The summed E-state index contributed by atoms with van der Waals surface area (Å²) in [6.45, 7) is 7.11. The summed E-state index contributed by atoms with van der Waals surface area (Å²) < 4.78 is 13.4. The second kappa shape index (κ2) is 9.05. The lowest BCUT2D eigenvalue weighted by Gasteiger charge is -2.20. The summed E-state index contributed by atoms with van der Waals surface area (Å²) in [6, 6.07) is 10.9. The number of halogens is 1. The molecule has 0 aliphatic rings. The zero-order chi connectivity index (χ0) is 19.1. The van der Waals surface area contributed by atoms with Gasteiger partial charge in [0.25, 0.3) is 5.91 Å². The third-order valence-electron chi connectivity index (χ3n) is 4.25. The molecule has 0 atom stereocenters. The number of nitrogens with one attached hydrogen (secondary N) is 1. The van der Waals surface area contributed by atoms with Crippen LogP contribution in [0.5, 0.6) is 0 Å². The van der Waals surface area contributed by atoms with E-state index >= 15 is 0 Å². The topological polar surface area (TPSA) is 75.5 Å². The number of nitro groups is 1. The summed E-state index contributed by atoms with van der Waals surface area (Å²) in [6.07, 6.45) is 0. The molecule has 0 bridgehead atoms. The first-order valence-electron chi connectivity index (χ1n) is 8.47. The molecule has 26 heavy (non-hydrogen) atoms. The standard InChI is InChI=1S/C19H22FN3O3/c1-3-22(4-2)13-16-8-6-5-7-15(16)12-21-19(24)14-9-10-17(20)18(11-14)23(25)26/h5-11H,3-4,12-13H2,1-2H3,(H,21,24). The third-order valence-corrected chi connectivity index (χ3v) is 4.25. The number of benzene rings is 2. The van der Waals surface area contributed by atoms with Gasteiger partial charge >= 0.3 is 5.69 Å². The van der Waals surface area contributed by atoms with Crippen LogP contribution < -0.4 is 5.32 Å². The lowest BCUT2D eigenvalue weighted by atomic mass is 10.1. The zero-order valence-corrected chi connectivity index (χ0v) is 14.9. The van der Waals surface area contributed by atoms with Gasteiger partial charge < -0.3 is 5.32 Å². The summed E-state index contributed by atoms with van der Waals surface area (Å²) in [7, 11) is 0. The highest BCUT2D eigenvalue weighted by Gasteiger charge is 2.17. The molecule has 0 unspecified atom stereocenters. The minimum atomic E-state index is -0.962. The average Bonchev–Trinajstić information content (AvgIpc) is 2.65. The van der Waals surface area contributed by atoms with Gasteiger partial charge in [-0.3, -0.25) is 19.8 Å². The fraction of sp³-hybridized carbons (Fsp3) is 0.316. The second-order valence-corrected chi connectivity index (χ2v) is 5.84. The highest BCUT2D eigenvalue weighted by Crippen LogP contribution is 2.19. The van der Waals surface area contributed by atoms with Gasteiger partial charge in [0.05, 0.1) is 4.92 Å². The molecule has 0 saturated heterocycles. The largest absolute Gasteiger partial charge is 0.348 e. The molecule has 0 fully saturated rings. The maximum Gasteiger partial charge on any atom is 0.305 e. The number of nitro benzene ring substituents is 1. The van der Waals surface area contributed by atoms with Gasteiger partial charge in [0.2, 0.25) is 5.82 Å². The Balaban J connectivity index is 2.10. The van der Waals surface area contributed by atoms with Crippen molar-refractivity contribution in [1.82, 2.24) is 10.2 Å². The molecule has 0 saturated carbocycles. The van der Waals surface area contributed by atoms with Gasteiger partial charge in [0.1, 0.15) is 0 Å². The van der Waals surface area contributed by atoms with Gasteiger partial charge in [0, 0.05) is 24.7 Å². The van der Waals surface area contributed by atoms with E-state index in [1.54, 1.807) is 0 Å². The van der Waals surface area contributed by atoms with E-state index in [9.17, 15) is 19.3 Å². The molecule has 138 valence electrons. The van der Waals surface area contributed by atoms with E-state index in [-0.39, 0.29) is 5.56 Å². The molecule has 1 N–H and O–H groups in total. The molecular weight excluding hydrogens is 337 g/mol. The molecule has 0 aliphatic heterocycles. The number of carbonyl (C=O) groups excluding carboxylic acids is 1. The van der Waals surface area contributed by atoms with Crippen LogP contribution in [0.4, 0.5) is 10.1 Å². The van der Waals surface area contributed by atoms with Crippen LogP contribution >= 0.6 is 0 Å². The Bertz CT molecular complexity index is 791. The quantitative estimate of drug-likeness (QED) is 0.578. The lowest BCUT2D eigenvalue weighted by molar-refractivity contribution is -0.387. The van der Waals surface area contributed by atoms with E-state index < -0.39 is 22.3 Å². The van der Waals surface area contributed by atoms with Crippen molar-refractivity contribution < 1.29 is 14.1 Å². The van der Waals surface area contributed by atoms with Crippen molar-refractivity contribution in [3.63, 3.8) is 0 Å². The predicted octanol–water partition coefficient (Wildman–Crippen LogP) is 3.51. The number of hydrogen-bond acceptors (Lipinski definition) is 4. The van der Waals surface area contributed by atoms with Gasteiger partial charge in [-0.25, -0.2) is 0 Å². The maximum atomic E-state index is 13.4. The summed E-state index contributed by atoms with van der Waals surface area (Å²) in [5.41, 5.74) is 1.44. The molecule has 0 spiro atoms.